The zero-order valence-electron chi connectivity index (χ0n) is 29.7. The molecule has 1 unspecified atom stereocenters. The second kappa shape index (κ2) is 21.5. The number of hydrogen-bond donors (Lipinski definition) is 0. The van der Waals surface area contributed by atoms with Gasteiger partial charge in [-0.15, -0.1) is 0 Å². The minimum absolute atomic E-state index is 0.187. The summed E-state index contributed by atoms with van der Waals surface area (Å²) in [5.41, 5.74) is 0.374. The maximum Gasteiger partial charge on any atom is 0.303 e. The Labute approximate surface area is 291 Å². The van der Waals surface area contributed by atoms with E-state index < -0.39 is 60.4 Å². The molecule has 1 aromatic carbocycles. The number of rotatable bonds is 22. The topological polar surface area (TPSA) is 135 Å². The van der Waals surface area contributed by atoms with Gasteiger partial charge >= 0.3 is 17.9 Å². The highest BCUT2D eigenvalue weighted by atomic mass is 16.7. The van der Waals surface area contributed by atoms with E-state index in [9.17, 15) is 24.0 Å². The SMILES string of the molecule is CCCCCCCC/C=C\CCCCCCCCOC1O[C@H](COC(C)=O)[C@@H](OC(C)=O)[C@H](OC(C)=O)[C@H]1N1C(=O)c2ccccc2C1=O. The Morgan fingerprint density at radius 1 is 0.714 bits per heavy atom. The van der Waals surface area contributed by atoms with Crippen LogP contribution in [0.2, 0.25) is 0 Å². The Morgan fingerprint density at radius 2 is 1.22 bits per heavy atom. The lowest BCUT2D eigenvalue weighted by molar-refractivity contribution is -0.286. The Bertz CT molecular complexity index is 1230. The summed E-state index contributed by atoms with van der Waals surface area (Å²) in [6, 6.07) is 5.08. The molecule has 0 aromatic heterocycles. The van der Waals surface area contributed by atoms with Crippen molar-refractivity contribution in [3.05, 3.63) is 47.5 Å². The molecule has 1 aromatic rings. The van der Waals surface area contributed by atoms with E-state index in [-0.39, 0.29) is 24.3 Å². The number of imide groups is 1. The smallest absolute Gasteiger partial charge is 0.303 e. The minimum atomic E-state index is -1.36. The third-order valence-corrected chi connectivity index (χ3v) is 8.73. The van der Waals surface area contributed by atoms with Crippen LogP contribution in [-0.2, 0) is 38.1 Å². The Morgan fingerprint density at radius 3 is 1.76 bits per heavy atom. The van der Waals surface area contributed by atoms with E-state index in [1.54, 1.807) is 12.1 Å². The van der Waals surface area contributed by atoms with Crippen LogP contribution in [0.15, 0.2) is 36.4 Å². The van der Waals surface area contributed by atoms with Gasteiger partial charge in [-0.3, -0.25) is 28.9 Å². The summed E-state index contributed by atoms with van der Waals surface area (Å²) in [7, 11) is 0. The summed E-state index contributed by atoms with van der Waals surface area (Å²) in [6.45, 7) is 5.69. The number of esters is 3. The van der Waals surface area contributed by atoms with Gasteiger partial charge in [0.1, 0.15) is 18.8 Å². The number of nitrogens with zero attached hydrogens (tertiary/aromatic N) is 1. The molecule has 11 nitrogen and oxygen atoms in total. The first-order valence-corrected chi connectivity index (χ1v) is 18.0. The molecule has 5 atom stereocenters. The standard InChI is InChI=1S/C38H55NO10/c1-5-6-7-8-9-10-11-12-13-14-15-16-17-18-19-22-25-45-38-33(39-36(43)30-23-20-21-24-31(30)37(39)44)35(48-29(4)42)34(47-28(3)41)32(49-38)26-46-27(2)40/h12-13,20-21,23-24,32-35,38H,5-11,14-19,22,25-26H2,1-4H3/b13-12-/t32-,33-,34-,35-,38?/m1/s1. The van der Waals surface area contributed by atoms with Crippen molar-refractivity contribution < 1.29 is 47.7 Å². The number of benzene rings is 1. The van der Waals surface area contributed by atoms with E-state index in [1.165, 1.54) is 77.8 Å². The van der Waals surface area contributed by atoms with E-state index in [0.29, 0.717) is 6.42 Å². The maximum absolute atomic E-state index is 13.6. The van der Waals surface area contributed by atoms with Crippen LogP contribution in [-0.4, -0.2) is 78.5 Å². The van der Waals surface area contributed by atoms with Crippen molar-refractivity contribution in [3.8, 4) is 0 Å². The fourth-order valence-corrected chi connectivity index (χ4v) is 6.32. The molecule has 0 N–H and O–H groups in total. The first kappa shape index (κ1) is 39.9. The van der Waals surface area contributed by atoms with Crippen molar-refractivity contribution >= 4 is 29.7 Å². The van der Waals surface area contributed by atoms with E-state index in [1.807, 2.05) is 0 Å². The Hall–Kier alpha value is -3.57. The Kier molecular flexibility index (Phi) is 17.5. The highest BCUT2D eigenvalue weighted by Gasteiger charge is 2.57. The number of amides is 2. The van der Waals surface area contributed by atoms with Crippen LogP contribution >= 0.6 is 0 Å². The monoisotopic (exact) mass is 685 g/mol. The lowest BCUT2D eigenvalue weighted by Crippen LogP contribution is -2.67. The molecular weight excluding hydrogens is 630 g/mol. The van der Waals surface area contributed by atoms with Crippen LogP contribution in [0.5, 0.6) is 0 Å². The molecule has 0 saturated carbocycles. The molecule has 1 saturated heterocycles. The van der Waals surface area contributed by atoms with Crippen molar-refractivity contribution in [2.24, 2.45) is 0 Å². The van der Waals surface area contributed by atoms with Gasteiger partial charge in [0, 0.05) is 27.4 Å². The lowest BCUT2D eigenvalue weighted by Gasteiger charge is -2.47. The first-order chi connectivity index (χ1) is 23.6. The van der Waals surface area contributed by atoms with E-state index in [2.05, 4.69) is 19.1 Å². The molecule has 2 aliphatic heterocycles. The van der Waals surface area contributed by atoms with Gasteiger partial charge in [-0.05, 0) is 44.2 Å². The number of ether oxygens (including phenoxy) is 5. The molecule has 49 heavy (non-hydrogen) atoms. The zero-order chi connectivity index (χ0) is 35.6. The number of hydrogen-bond acceptors (Lipinski definition) is 10. The molecule has 2 aliphatic rings. The van der Waals surface area contributed by atoms with Gasteiger partial charge in [0.2, 0.25) is 0 Å². The largest absolute Gasteiger partial charge is 0.463 e. The van der Waals surface area contributed by atoms with Crippen molar-refractivity contribution in [2.45, 2.75) is 148 Å². The van der Waals surface area contributed by atoms with Crippen LogP contribution in [0.1, 0.15) is 138 Å². The van der Waals surface area contributed by atoms with Gasteiger partial charge in [0.25, 0.3) is 11.8 Å². The van der Waals surface area contributed by atoms with Crippen LogP contribution in [0.4, 0.5) is 0 Å². The molecule has 272 valence electrons. The molecule has 0 aliphatic carbocycles. The minimum Gasteiger partial charge on any atom is -0.463 e. The van der Waals surface area contributed by atoms with Crippen LogP contribution in [0, 0.1) is 0 Å². The molecule has 0 spiro atoms. The second-order valence-corrected chi connectivity index (χ2v) is 12.8. The number of allylic oxidation sites excluding steroid dienone is 2. The quantitative estimate of drug-likeness (QED) is 0.0419. The third kappa shape index (κ3) is 12.7. The van der Waals surface area contributed by atoms with Crippen molar-refractivity contribution in [3.63, 3.8) is 0 Å². The second-order valence-electron chi connectivity index (χ2n) is 12.8. The summed E-state index contributed by atoms with van der Waals surface area (Å²) < 4.78 is 28.7. The predicted molar refractivity (Wildman–Crippen MR) is 183 cm³/mol. The lowest BCUT2D eigenvalue weighted by atomic mass is 9.94. The highest BCUT2D eigenvalue weighted by Crippen LogP contribution is 2.35. The first-order valence-electron chi connectivity index (χ1n) is 18.0. The molecule has 2 amide bonds. The molecule has 3 rings (SSSR count). The average Bonchev–Trinajstić information content (AvgIpc) is 3.31. The van der Waals surface area contributed by atoms with Crippen LogP contribution < -0.4 is 0 Å². The molecule has 2 heterocycles. The van der Waals surface area contributed by atoms with Gasteiger partial charge in [-0.1, -0.05) is 89.0 Å². The van der Waals surface area contributed by atoms with Gasteiger partial charge in [-0.2, -0.15) is 0 Å². The summed E-state index contributed by atoms with van der Waals surface area (Å²) in [5, 5.41) is 0. The van der Waals surface area contributed by atoms with E-state index in [0.717, 1.165) is 43.4 Å². The summed E-state index contributed by atoms with van der Waals surface area (Å²) in [6.07, 6.45) is 15.8. The normalized spacial score (nSPS) is 22.0. The highest BCUT2D eigenvalue weighted by molar-refractivity contribution is 6.21. The summed E-state index contributed by atoms with van der Waals surface area (Å²) in [4.78, 5) is 64.4. The fourth-order valence-electron chi connectivity index (χ4n) is 6.32. The molecule has 1 fully saturated rings. The number of carbonyl (C=O) groups excluding carboxylic acids is 5. The van der Waals surface area contributed by atoms with Gasteiger partial charge in [-0.25, -0.2) is 0 Å². The van der Waals surface area contributed by atoms with E-state index >= 15 is 0 Å². The summed E-state index contributed by atoms with van der Waals surface area (Å²) in [5.74, 6) is -3.28. The van der Waals surface area contributed by atoms with E-state index in [4.69, 9.17) is 23.7 Å². The molecule has 11 heteroatoms. The van der Waals surface area contributed by atoms with Gasteiger partial charge < -0.3 is 23.7 Å². The van der Waals surface area contributed by atoms with Crippen molar-refractivity contribution in [2.75, 3.05) is 13.2 Å². The molecule has 0 radical (unpaired) electrons. The molecular formula is C38H55NO10. The fraction of sp³-hybridized carbons (Fsp3) is 0.658. The van der Waals surface area contributed by atoms with Crippen molar-refractivity contribution in [1.82, 2.24) is 4.90 Å². The maximum atomic E-state index is 13.6. The zero-order valence-corrected chi connectivity index (χ0v) is 29.7. The third-order valence-electron chi connectivity index (χ3n) is 8.73. The predicted octanol–water partition coefficient (Wildman–Crippen LogP) is 6.86. The van der Waals surface area contributed by atoms with Crippen LogP contribution in [0.25, 0.3) is 0 Å². The Balaban J connectivity index is 1.59. The summed E-state index contributed by atoms with van der Waals surface area (Å²) >= 11 is 0. The number of carbonyl (C=O) groups is 5. The average molecular weight is 686 g/mol. The number of fused-ring (bicyclic) bond motifs is 1. The van der Waals surface area contributed by atoms with Gasteiger partial charge in [0.15, 0.2) is 18.5 Å². The van der Waals surface area contributed by atoms with Crippen LogP contribution in [0.3, 0.4) is 0 Å². The van der Waals surface area contributed by atoms with Gasteiger partial charge in [0.05, 0.1) is 11.1 Å². The van der Waals surface area contributed by atoms with Crippen molar-refractivity contribution in [1.29, 1.82) is 0 Å². The molecule has 0 bridgehead atoms. The number of unbranched alkanes of at least 4 members (excludes halogenated alkanes) is 12.